The summed E-state index contributed by atoms with van der Waals surface area (Å²) in [7, 11) is 3.63. The summed E-state index contributed by atoms with van der Waals surface area (Å²) in [6, 6.07) is 13.7. The molecule has 0 N–H and O–H groups in total. The number of nitrogens with zero attached hydrogens (tertiary/aromatic N) is 3. The Hall–Kier alpha value is -3.25. The molecule has 43 heavy (non-hydrogen) atoms. The number of amides is 1. The van der Waals surface area contributed by atoms with Gasteiger partial charge in [0.2, 0.25) is 5.91 Å². The maximum atomic E-state index is 13.6. The van der Waals surface area contributed by atoms with Gasteiger partial charge in [-0.15, -0.1) is 0 Å². The molecule has 6 rings (SSSR count). The molecule has 1 aliphatic carbocycles. The lowest BCUT2D eigenvalue weighted by atomic mass is 9.76. The predicted molar refractivity (Wildman–Crippen MR) is 173 cm³/mol. The number of hydrogen-bond acceptors (Lipinski definition) is 5. The van der Waals surface area contributed by atoms with Gasteiger partial charge in [-0.2, -0.15) is 0 Å². The van der Waals surface area contributed by atoms with E-state index in [1.54, 1.807) is 11.1 Å². The van der Waals surface area contributed by atoms with E-state index in [1.807, 2.05) is 24.9 Å². The summed E-state index contributed by atoms with van der Waals surface area (Å²) in [6.07, 6.45) is 9.76. The van der Waals surface area contributed by atoms with Crippen molar-refractivity contribution in [2.24, 2.45) is 22.2 Å². The molecule has 0 radical (unpaired) electrons. The molecule has 3 heterocycles. The van der Waals surface area contributed by atoms with Crippen molar-refractivity contribution in [3.63, 3.8) is 0 Å². The molecule has 0 bridgehead atoms. The van der Waals surface area contributed by atoms with Crippen LogP contribution in [0.5, 0.6) is 0 Å². The summed E-state index contributed by atoms with van der Waals surface area (Å²) in [4.78, 5) is 34.9. The summed E-state index contributed by atoms with van der Waals surface area (Å²) in [5.74, 6) is -0.579. The zero-order valence-electron chi connectivity index (χ0n) is 26.6. The number of allylic oxidation sites excluding steroid dienone is 1. The molecule has 2 aromatic rings. The Kier molecular flexibility index (Phi) is 8.34. The van der Waals surface area contributed by atoms with Gasteiger partial charge in [0.1, 0.15) is 0 Å². The molecule has 6 heteroatoms. The number of methoxy groups -OCH3 is 1. The molecule has 4 aliphatic rings. The van der Waals surface area contributed by atoms with Gasteiger partial charge < -0.3 is 14.5 Å². The average molecular weight is 582 g/mol. The largest absolute Gasteiger partial charge is 0.469 e. The van der Waals surface area contributed by atoms with Crippen molar-refractivity contribution in [3.05, 3.63) is 64.9 Å². The monoisotopic (exact) mass is 581 g/mol. The molecule has 1 amide bonds. The fraction of sp³-hybridized carbons (Fsp3) is 0.541. The van der Waals surface area contributed by atoms with Crippen LogP contribution >= 0.6 is 0 Å². The van der Waals surface area contributed by atoms with Crippen molar-refractivity contribution in [2.45, 2.75) is 78.2 Å². The highest BCUT2D eigenvalue weighted by molar-refractivity contribution is 6.03. The van der Waals surface area contributed by atoms with E-state index in [4.69, 9.17) is 9.73 Å². The van der Waals surface area contributed by atoms with Gasteiger partial charge in [-0.25, -0.2) is 0 Å². The maximum Gasteiger partial charge on any atom is 0.306 e. The lowest BCUT2D eigenvalue weighted by Gasteiger charge is -2.37. The number of benzene rings is 2. The Morgan fingerprint density at radius 2 is 1.70 bits per heavy atom. The van der Waals surface area contributed by atoms with Crippen molar-refractivity contribution in [2.75, 3.05) is 33.8 Å². The molecule has 2 atom stereocenters. The summed E-state index contributed by atoms with van der Waals surface area (Å²) < 4.78 is 4.88. The highest BCUT2D eigenvalue weighted by Gasteiger charge is 2.41. The van der Waals surface area contributed by atoms with Crippen LogP contribution in [-0.4, -0.2) is 67.2 Å². The van der Waals surface area contributed by atoms with Gasteiger partial charge in [-0.05, 0) is 116 Å². The number of piperidine rings is 1. The van der Waals surface area contributed by atoms with E-state index in [1.165, 1.54) is 73.7 Å². The number of rotatable bonds is 7. The molecule has 0 saturated carbocycles. The van der Waals surface area contributed by atoms with Crippen LogP contribution < -0.4 is 0 Å². The summed E-state index contributed by atoms with van der Waals surface area (Å²) in [5.41, 5.74) is 11.2. The standard InChI is InChI=1S/C37H47N3O3/c1-24(2)30(20-35(41)43-5)36(42)40-16-6-7-34(40)33-19-28(23-38-33)26-9-11-27(12-10-26)29-13-8-25(3)31-21-37(22-32(29)31)14-17-39(4)18-15-37/h8-13,23-24,30,34H,6-7,14-22H2,1-5H3/t30-,34-/m0/s1. The third-order valence-corrected chi connectivity index (χ3v) is 10.8. The van der Waals surface area contributed by atoms with Crippen LogP contribution in [0.25, 0.3) is 16.7 Å². The van der Waals surface area contributed by atoms with Crippen molar-refractivity contribution >= 4 is 23.2 Å². The Bertz CT molecular complexity index is 1450. The van der Waals surface area contributed by atoms with Crippen molar-refractivity contribution in [3.8, 4) is 11.1 Å². The SMILES string of the molecule is COC(=O)C[C@H](C(=O)N1CCC[C@H]1C1=NC=C(c2ccc(-c3ccc(C)c4c3CC3(CCN(C)CC3)C4)cc2)C1)C(C)C. The number of carbonyl (C=O) groups excluding carboxylic acids is 2. The number of likely N-dealkylation sites (tertiary alicyclic amines) is 2. The van der Waals surface area contributed by atoms with Crippen LogP contribution in [0.4, 0.5) is 0 Å². The zero-order valence-corrected chi connectivity index (χ0v) is 26.6. The van der Waals surface area contributed by atoms with Crippen molar-refractivity contribution < 1.29 is 14.3 Å². The van der Waals surface area contributed by atoms with Crippen molar-refractivity contribution in [1.82, 2.24) is 9.80 Å². The Labute approximate surface area is 257 Å². The lowest BCUT2D eigenvalue weighted by molar-refractivity contribution is -0.148. The molecular formula is C37H47N3O3. The van der Waals surface area contributed by atoms with Crippen LogP contribution in [0.15, 0.2) is 47.6 Å². The van der Waals surface area contributed by atoms with E-state index < -0.39 is 0 Å². The van der Waals surface area contributed by atoms with Gasteiger partial charge in [0.25, 0.3) is 0 Å². The molecule has 228 valence electrons. The molecule has 0 unspecified atom stereocenters. The van der Waals surface area contributed by atoms with Gasteiger partial charge in [0.15, 0.2) is 0 Å². The van der Waals surface area contributed by atoms with Gasteiger partial charge in [0, 0.05) is 24.9 Å². The molecule has 0 aromatic heterocycles. The van der Waals surface area contributed by atoms with E-state index in [-0.39, 0.29) is 36.2 Å². The molecule has 6 nitrogen and oxygen atoms in total. The molecule has 2 fully saturated rings. The smallest absolute Gasteiger partial charge is 0.306 e. The number of aliphatic imine (C=N–C) groups is 1. The van der Waals surface area contributed by atoms with E-state index >= 15 is 0 Å². The summed E-state index contributed by atoms with van der Waals surface area (Å²) >= 11 is 0. The Morgan fingerprint density at radius 1 is 1.00 bits per heavy atom. The number of ether oxygens (including phenoxy) is 1. The summed E-state index contributed by atoms with van der Waals surface area (Å²) in [5, 5.41) is 0. The van der Waals surface area contributed by atoms with Crippen LogP contribution in [0, 0.1) is 24.2 Å². The predicted octanol–water partition coefficient (Wildman–Crippen LogP) is 6.48. The number of carbonyl (C=O) groups is 2. The second kappa shape index (κ2) is 12.0. The normalized spacial score (nSPS) is 22.1. The average Bonchev–Trinajstić information content (AvgIpc) is 3.76. The van der Waals surface area contributed by atoms with Crippen LogP contribution in [0.1, 0.15) is 74.6 Å². The van der Waals surface area contributed by atoms with E-state index in [9.17, 15) is 9.59 Å². The molecule has 2 saturated heterocycles. The first-order valence-corrected chi connectivity index (χ1v) is 16.2. The fourth-order valence-electron chi connectivity index (χ4n) is 7.94. The Balaban J connectivity index is 1.14. The minimum atomic E-state index is -0.368. The van der Waals surface area contributed by atoms with Gasteiger partial charge in [-0.1, -0.05) is 50.2 Å². The number of esters is 1. The second-order valence-corrected chi connectivity index (χ2v) is 13.9. The minimum Gasteiger partial charge on any atom is -0.469 e. The fourth-order valence-corrected chi connectivity index (χ4v) is 7.94. The Morgan fingerprint density at radius 3 is 2.40 bits per heavy atom. The topological polar surface area (TPSA) is 62.2 Å². The molecule has 3 aliphatic heterocycles. The van der Waals surface area contributed by atoms with E-state index in [2.05, 4.69) is 55.3 Å². The lowest BCUT2D eigenvalue weighted by Crippen LogP contribution is -2.45. The molecule has 2 aromatic carbocycles. The first kappa shape index (κ1) is 29.8. The first-order chi connectivity index (χ1) is 20.7. The quantitative estimate of drug-likeness (QED) is 0.351. The van der Waals surface area contributed by atoms with Crippen LogP contribution in [0.3, 0.4) is 0 Å². The van der Waals surface area contributed by atoms with Gasteiger partial charge in [-0.3, -0.25) is 14.6 Å². The number of hydrogen-bond donors (Lipinski definition) is 0. The highest BCUT2D eigenvalue weighted by Crippen LogP contribution is 2.48. The van der Waals surface area contributed by atoms with Crippen molar-refractivity contribution in [1.29, 1.82) is 0 Å². The number of aryl methyl sites for hydroxylation is 1. The maximum absolute atomic E-state index is 13.6. The summed E-state index contributed by atoms with van der Waals surface area (Å²) in [6.45, 7) is 9.42. The van der Waals surface area contributed by atoms with Gasteiger partial charge >= 0.3 is 5.97 Å². The molecular weight excluding hydrogens is 534 g/mol. The zero-order chi connectivity index (χ0) is 30.3. The first-order valence-electron chi connectivity index (χ1n) is 16.2. The van der Waals surface area contributed by atoms with E-state index in [0.717, 1.165) is 31.5 Å². The van der Waals surface area contributed by atoms with Gasteiger partial charge in [0.05, 0.1) is 25.5 Å². The highest BCUT2D eigenvalue weighted by atomic mass is 16.5. The number of fused-ring (bicyclic) bond motifs is 1. The minimum absolute atomic E-state index is 0.00135. The third kappa shape index (κ3) is 5.83. The second-order valence-electron chi connectivity index (χ2n) is 13.9. The molecule has 1 spiro atoms. The van der Waals surface area contributed by atoms with Crippen LogP contribution in [-0.2, 0) is 27.2 Å². The third-order valence-electron chi connectivity index (χ3n) is 10.8. The van der Waals surface area contributed by atoms with Crippen LogP contribution in [0.2, 0.25) is 0 Å². The van der Waals surface area contributed by atoms with E-state index in [0.29, 0.717) is 5.41 Å².